The first-order chi connectivity index (χ1) is 9.38. The van der Waals surface area contributed by atoms with Crippen LogP contribution in [-0.4, -0.2) is 29.6 Å². The zero-order chi connectivity index (χ0) is 13.1. The van der Waals surface area contributed by atoms with Crippen LogP contribution in [0.25, 0.3) is 0 Å². The Labute approximate surface area is 112 Å². The fourth-order valence-corrected chi connectivity index (χ4v) is 2.34. The van der Waals surface area contributed by atoms with Crippen LogP contribution in [0.2, 0.25) is 0 Å². The molecule has 0 unspecified atom stereocenters. The van der Waals surface area contributed by atoms with Crippen molar-refractivity contribution in [3.63, 3.8) is 0 Å². The quantitative estimate of drug-likeness (QED) is 0.867. The van der Waals surface area contributed by atoms with E-state index >= 15 is 0 Å². The van der Waals surface area contributed by atoms with E-state index in [4.69, 9.17) is 5.73 Å². The molecule has 0 aliphatic carbocycles. The van der Waals surface area contributed by atoms with E-state index in [2.05, 4.69) is 44.5 Å². The first-order valence-electron chi connectivity index (χ1n) is 6.51. The average Bonchev–Trinajstić information content (AvgIpc) is 2.89. The number of nitrogens with one attached hydrogen (secondary N) is 1. The van der Waals surface area contributed by atoms with Gasteiger partial charge in [-0.05, 0) is 24.1 Å². The Hall–Kier alpha value is -2.14. The highest BCUT2D eigenvalue weighted by atomic mass is 15.2. The van der Waals surface area contributed by atoms with Crippen LogP contribution in [0, 0.1) is 0 Å². The van der Waals surface area contributed by atoms with Gasteiger partial charge >= 0.3 is 0 Å². The molecule has 3 rings (SSSR count). The van der Waals surface area contributed by atoms with Crippen LogP contribution in [-0.2, 0) is 6.42 Å². The predicted octanol–water partition coefficient (Wildman–Crippen LogP) is 1.54. The third-order valence-corrected chi connectivity index (χ3v) is 3.23. The van der Waals surface area contributed by atoms with Gasteiger partial charge in [-0.1, -0.05) is 18.2 Å². The summed E-state index contributed by atoms with van der Waals surface area (Å²) in [5, 5.41) is 3.11. The van der Waals surface area contributed by atoms with Gasteiger partial charge < -0.3 is 16.0 Å². The number of hydrogen-bond donors (Lipinski definition) is 2. The molecule has 19 heavy (non-hydrogen) atoms. The average molecular weight is 255 g/mol. The lowest BCUT2D eigenvalue weighted by Gasteiger charge is -2.18. The van der Waals surface area contributed by atoms with Crippen molar-refractivity contribution in [1.29, 1.82) is 0 Å². The van der Waals surface area contributed by atoms with E-state index in [1.807, 2.05) is 6.07 Å². The molecule has 98 valence electrons. The topological polar surface area (TPSA) is 67.1 Å². The second-order valence-electron chi connectivity index (χ2n) is 4.48. The second kappa shape index (κ2) is 5.24. The fourth-order valence-electron chi connectivity index (χ4n) is 2.34. The van der Waals surface area contributed by atoms with Crippen LogP contribution < -0.4 is 16.0 Å². The largest absolute Gasteiger partial charge is 0.353 e. The van der Waals surface area contributed by atoms with E-state index in [1.165, 1.54) is 11.3 Å². The summed E-state index contributed by atoms with van der Waals surface area (Å²) in [4.78, 5) is 11.0. The molecule has 0 saturated heterocycles. The maximum absolute atomic E-state index is 5.47. The molecule has 0 amide bonds. The summed E-state index contributed by atoms with van der Waals surface area (Å²) in [6.45, 7) is 2.22. The highest BCUT2D eigenvalue weighted by Gasteiger charge is 2.20. The minimum Gasteiger partial charge on any atom is -0.353 e. The first kappa shape index (κ1) is 11.9. The molecule has 5 nitrogen and oxygen atoms in total. The molecular formula is C14H17N5. The third kappa shape index (κ3) is 2.37. The van der Waals surface area contributed by atoms with Gasteiger partial charge in [-0.3, -0.25) is 0 Å². The smallest absolute Gasteiger partial charge is 0.224 e. The molecule has 1 aliphatic rings. The van der Waals surface area contributed by atoms with Gasteiger partial charge in [0, 0.05) is 31.5 Å². The van der Waals surface area contributed by atoms with Crippen LogP contribution >= 0.6 is 0 Å². The van der Waals surface area contributed by atoms with Crippen molar-refractivity contribution in [3.8, 4) is 0 Å². The molecule has 0 saturated carbocycles. The minimum atomic E-state index is 0.570. The van der Waals surface area contributed by atoms with Gasteiger partial charge in [0.15, 0.2) is 0 Å². The number of nitrogens with two attached hydrogens (primary N) is 1. The maximum Gasteiger partial charge on any atom is 0.224 e. The van der Waals surface area contributed by atoms with Gasteiger partial charge in [0.2, 0.25) is 5.95 Å². The Morgan fingerprint density at radius 2 is 2.16 bits per heavy atom. The summed E-state index contributed by atoms with van der Waals surface area (Å²) in [5.41, 5.74) is 8.09. The van der Waals surface area contributed by atoms with Crippen molar-refractivity contribution in [1.82, 2.24) is 9.97 Å². The molecular weight excluding hydrogens is 238 g/mol. The van der Waals surface area contributed by atoms with Gasteiger partial charge in [0.1, 0.15) is 5.82 Å². The van der Waals surface area contributed by atoms with E-state index in [0.717, 1.165) is 18.8 Å². The first-order valence-corrected chi connectivity index (χ1v) is 6.51. The number of fused-ring (bicyclic) bond motifs is 1. The normalized spacial score (nSPS) is 13.4. The van der Waals surface area contributed by atoms with Gasteiger partial charge in [0.05, 0.1) is 0 Å². The van der Waals surface area contributed by atoms with Crippen LogP contribution in [0.1, 0.15) is 5.56 Å². The van der Waals surface area contributed by atoms with Crippen molar-refractivity contribution < 1.29 is 0 Å². The third-order valence-electron chi connectivity index (χ3n) is 3.23. The number of hydrogen-bond acceptors (Lipinski definition) is 5. The molecule has 0 radical (unpaired) electrons. The number of para-hydroxylation sites is 1. The van der Waals surface area contributed by atoms with E-state index < -0.39 is 0 Å². The van der Waals surface area contributed by atoms with Gasteiger partial charge in [-0.2, -0.15) is 4.98 Å². The van der Waals surface area contributed by atoms with Gasteiger partial charge in [-0.15, -0.1) is 0 Å². The highest BCUT2D eigenvalue weighted by molar-refractivity contribution is 5.67. The van der Waals surface area contributed by atoms with E-state index in [1.54, 1.807) is 6.20 Å². The molecule has 0 bridgehead atoms. The summed E-state index contributed by atoms with van der Waals surface area (Å²) in [6, 6.07) is 10.4. The maximum atomic E-state index is 5.47. The Kier molecular flexibility index (Phi) is 3.29. The number of anilines is 3. The zero-order valence-corrected chi connectivity index (χ0v) is 10.7. The van der Waals surface area contributed by atoms with Gasteiger partial charge in [0.25, 0.3) is 0 Å². The lowest BCUT2D eigenvalue weighted by Crippen LogP contribution is -2.18. The van der Waals surface area contributed by atoms with E-state index in [0.29, 0.717) is 19.0 Å². The summed E-state index contributed by atoms with van der Waals surface area (Å²) >= 11 is 0. The molecule has 1 aromatic heterocycles. The molecule has 2 heterocycles. The molecule has 2 aromatic rings. The van der Waals surface area contributed by atoms with E-state index in [9.17, 15) is 0 Å². The summed E-state index contributed by atoms with van der Waals surface area (Å²) in [7, 11) is 0. The van der Waals surface area contributed by atoms with Crippen molar-refractivity contribution in [2.24, 2.45) is 5.73 Å². The molecule has 1 aromatic carbocycles. The van der Waals surface area contributed by atoms with Crippen molar-refractivity contribution in [3.05, 3.63) is 42.1 Å². The van der Waals surface area contributed by atoms with Crippen LogP contribution in [0.5, 0.6) is 0 Å². The Bertz CT molecular complexity index is 569. The molecule has 5 heteroatoms. The van der Waals surface area contributed by atoms with Crippen molar-refractivity contribution in [2.45, 2.75) is 6.42 Å². The second-order valence-corrected chi connectivity index (χ2v) is 4.48. The lowest BCUT2D eigenvalue weighted by atomic mass is 10.2. The number of nitrogens with zero attached hydrogens (tertiary/aromatic N) is 3. The number of aromatic nitrogens is 2. The SMILES string of the molecule is NCCNc1nccc(N2CCc3ccccc32)n1. The number of rotatable bonds is 4. The van der Waals surface area contributed by atoms with Crippen LogP contribution in [0.4, 0.5) is 17.5 Å². The fraction of sp³-hybridized carbons (Fsp3) is 0.286. The monoisotopic (exact) mass is 255 g/mol. The molecule has 0 spiro atoms. The highest BCUT2D eigenvalue weighted by Crippen LogP contribution is 2.33. The summed E-state index contributed by atoms with van der Waals surface area (Å²) in [5.74, 6) is 1.56. The molecule has 0 atom stereocenters. The summed E-state index contributed by atoms with van der Waals surface area (Å²) < 4.78 is 0. The van der Waals surface area contributed by atoms with Crippen LogP contribution in [0.3, 0.4) is 0 Å². The zero-order valence-electron chi connectivity index (χ0n) is 10.7. The van der Waals surface area contributed by atoms with Crippen molar-refractivity contribution in [2.75, 3.05) is 29.9 Å². The predicted molar refractivity (Wildman–Crippen MR) is 76.7 cm³/mol. The molecule has 1 aliphatic heterocycles. The Morgan fingerprint density at radius 1 is 1.26 bits per heavy atom. The molecule has 0 fully saturated rings. The van der Waals surface area contributed by atoms with Crippen LogP contribution in [0.15, 0.2) is 36.5 Å². The van der Waals surface area contributed by atoms with Gasteiger partial charge in [-0.25, -0.2) is 4.98 Å². The lowest BCUT2D eigenvalue weighted by molar-refractivity contribution is 0.949. The Morgan fingerprint density at radius 3 is 3.05 bits per heavy atom. The van der Waals surface area contributed by atoms with E-state index in [-0.39, 0.29) is 0 Å². The minimum absolute atomic E-state index is 0.570. The standard InChI is InChI=1S/C14H17N5/c15-7-9-17-14-16-8-5-13(18-14)19-10-6-11-3-1-2-4-12(11)19/h1-5,8H,6-7,9-10,15H2,(H,16,17,18). The van der Waals surface area contributed by atoms with Crippen molar-refractivity contribution >= 4 is 17.5 Å². The molecule has 3 N–H and O–H groups in total. The summed E-state index contributed by atoms with van der Waals surface area (Å²) in [6.07, 6.45) is 2.84. The Balaban J connectivity index is 1.87. The number of benzene rings is 1.